The lowest BCUT2D eigenvalue weighted by molar-refractivity contribution is 0.370. The number of methoxy groups -OCH3 is 3. The van der Waals surface area contributed by atoms with Crippen molar-refractivity contribution in [2.45, 2.75) is 18.9 Å². The van der Waals surface area contributed by atoms with E-state index >= 15 is 0 Å². The highest BCUT2D eigenvalue weighted by atomic mass is 16.5. The average molecular weight is 280 g/mol. The van der Waals surface area contributed by atoms with Crippen LogP contribution < -0.4 is 24.4 Å². The van der Waals surface area contributed by atoms with Crippen LogP contribution in [0.15, 0.2) is 12.1 Å². The Morgan fingerprint density at radius 1 is 1.00 bits per heavy atom. The summed E-state index contributed by atoms with van der Waals surface area (Å²) < 4.78 is 16.3. The molecule has 0 bridgehead atoms. The standard InChI is InChI=1S/C15H24N2O3/c1-17(11-5-7-16-8-6-11)15-13(19-3)9-12(18-2)10-14(15)20-4/h9-11,16H,5-8H2,1-4H3. The molecule has 0 atom stereocenters. The van der Waals surface area contributed by atoms with E-state index in [1.54, 1.807) is 21.3 Å². The Bertz CT molecular complexity index is 420. The van der Waals surface area contributed by atoms with Gasteiger partial charge in [0, 0.05) is 25.2 Å². The van der Waals surface area contributed by atoms with Crippen molar-refractivity contribution < 1.29 is 14.2 Å². The Balaban J connectivity index is 2.36. The van der Waals surface area contributed by atoms with E-state index in [1.807, 2.05) is 12.1 Å². The Hall–Kier alpha value is -1.62. The maximum Gasteiger partial charge on any atom is 0.149 e. The lowest BCUT2D eigenvalue weighted by Crippen LogP contribution is -2.41. The van der Waals surface area contributed by atoms with Crippen molar-refractivity contribution in [1.29, 1.82) is 0 Å². The topological polar surface area (TPSA) is 43.0 Å². The quantitative estimate of drug-likeness (QED) is 0.892. The minimum absolute atomic E-state index is 0.493. The minimum Gasteiger partial charge on any atom is -0.496 e. The summed E-state index contributed by atoms with van der Waals surface area (Å²) in [5.41, 5.74) is 0.989. The van der Waals surface area contributed by atoms with Crippen LogP contribution in [0.25, 0.3) is 0 Å². The summed E-state index contributed by atoms with van der Waals surface area (Å²) in [5.74, 6) is 2.30. The molecule has 0 spiro atoms. The SMILES string of the molecule is COc1cc(OC)c(N(C)C2CCNCC2)c(OC)c1. The molecular formula is C15H24N2O3. The van der Waals surface area contributed by atoms with Crippen LogP contribution in [0.3, 0.4) is 0 Å². The summed E-state index contributed by atoms with van der Waals surface area (Å²) in [5, 5.41) is 3.39. The first kappa shape index (κ1) is 14.8. The second-order valence-corrected chi connectivity index (χ2v) is 4.97. The summed E-state index contributed by atoms with van der Waals surface area (Å²) in [6, 6.07) is 4.29. The van der Waals surface area contributed by atoms with Gasteiger partial charge in [-0.3, -0.25) is 0 Å². The summed E-state index contributed by atoms with van der Waals surface area (Å²) in [7, 11) is 7.09. The molecule has 1 aromatic rings. The smallest absolute Gasteiger partial charge is 0.149 e. The molecule has 1 fully saturated rings. The lowest BCUT2D eigenvalue weighted by Gasteiger charge is -2.34. The molecule has 20 heavy (non-hydrogen) atoms. The van der Waals surface area contributed by atoms with Gasteiger partial charge in [0.15, 0.2) is 0 Å². The van der Waals surface area contributed by atoms with Gasteiger partial charge in [0.1, 0.15) is 22.9 Å². The van der Waals surface area contributed by atoms with Gasteiger partial charge in [-0.25, -0.2) is 0 Å². The second kappa shape index (κ2) is 6.70. The zero-order chi connectivity index (χ0) is 14.5. The fourth-order valence-electron chi connectivity index (χ4n) is 2.71. The molecule has 0 aliphatic carbocycles. The van der Waals surface area contributed by atoms with Crippen molar-refractivity contribution in [2.24, 2.45) is 0 Å². The highest BCUT2D eigenvalue weighted by Gasteiger charge is 2.24. The summed E-state index contributed by atoms with van der Waals surface area (Å²) in [4.78, 5) is 2.26. The van der Waals surface area contributed by atoms with Gasteiger partial charge in [0.2, 0.25) is 0 Å². The second-order valence-electron chi connectivity index (χ2n) is 4.97. The Morgan fingerprint density at radius 2 is 1.55 bits per heavy atom. The van der Waals surface area contributed by atoms with Gasteiger partial charge in [-0.05, 0) is 25.9 Å². The molecule has 1 saturated heterocycles. The molecule has 2 rings (SSSR count). The third-order valence-electron chi connectivity index (χ3n) is 3.90. The van der Waals surface area contributed by atoms with Gasteiger partial charge < -0.3 is 24.4 Å². The Labute approximate surface area is 120 Å². The number of rotatable bonds is 5. The van der Waals surface area contributed by atoms with Gasteiger partial charge >= 0.3 is 0 Å². The normalized spacial score (nSPS) is 15.8. The Kier molecular flexibility index (Phi) is 4.95. The van der Waals surface area contributed by atoms with Crippen molar-refractivity contribution in [3.63, 3.8) is 0 Å². The highest BCUT2D eigenvalue weighted by Crippen LogP contribution is 2.42. The van der Waals surface area contributed by atoms with Crippen molar-refractivity contribution >= 4 is 5.69 Å². The maximum absolute atomic E-state index is 5.52. The van der Waals surface area contributed by atoms with Gasteiger partial charge in [0.05, 0.1) is 21.3 Å². The zero-order valence-electron chi connectivity index (χ0n) is 12.7. The van der Waals surface area contributed by atoms with E-state index in [0.29, 0.717) is 6.04 Å². The van der Waals surface area contributed by atoms with Crippen LogP contribution in [0.4, 0.5) is 5.69 Å². The molecule has 1 heterocycles. The molecule has 1 aliphatic heterocycles. The number of anilines is 1. The van der Waals surface area contributed by atoms with Gasteiger partial charge in [-0.1, -0.05) is 0 Å². The first-order chi connectivity index (χ1) is 9.71. The van der Waals surface area contributed by atoms with Crippen molar-refractivity contribution in [3.8, 4) is 17.2 Å². The van der Waals surface area contributed by atoms with E-state index in [-0.39, 0.29) is 0 Å². The fraction of sp³-hybridized carbons (Fsp3) is 0.600. The zero-order valence-corrected chi connectivity index (χ0v) is 12.7. The number of benzene rings is 1. The molecule has 1 N–H and O–H groups in total. The molecule has 0 unspecified atom stereocenters. The molecule has 1 aromatic carbocycles. The predicted octanol–water partition coefficient (Wildman–Crippen LogP) is 1.90. The molecule has 112 valence electrons. The van der Waals surface area contributed by atoms with E-state index in [1.165, 1.54) is 0 Å². The average Bonchev–Trinajstić information content (AvgIpc) is 2.53. The van der Waals surface area contributed by atoms with Gasteiger partial charge in [-0.2, -0.15) is 0 Å². The van der Waals surface area contributed by atoms with Crippen molar-refractivity contribution in [2.75, 3.05) is 46.4 Å². The van der Waals surface area contributed by atoms with Crippen LogP contribution in [-0.2, 0) is 0 Å². The Morgan fingerprint density at radius 3 is 2.00 bits per heavy atom. The van der Waals surface area contributed by atoms with Crippen LogP contribution in [0.1, 0.15) is 12.8 Å². The molecule has 5 heteroatoms. The monoisotopic (exact) mass is 280 g/mol. The largest absolute Gasteiger partial charge is 0.496 e. The number of ether oxygens (including phenoxy) is 3. The van der Waals surface area contributed by atoms with E-state index in [4.69, 9.17) is 14.2 Å². The van der Waals surface area contributed by atoms with Crippen LogP contribution in [0.5, 0.6) is 17.2 Å². The van der Waals surface area contributed by atoms with E-state index < -0.39 is 0 Å². The minimum atomic E-state index is 0.493. The van der Waals surface area contributed by atoms with E-state index in [0.717, 1.165) is 48.9 Å². The van der Waals surface area contributed by atoms with Crippen LogP contribution in [-0.4, -0.2) is 47.5 Å². The molecular weight excluding hydrogens is 256 g/mol. The molecule has 0 aromatic heterocycles. The lowest BCUT2D eigenvalue weighted by atomic mass is 10.0. The fourth-order valence-corrected chi connectivity index (χ4v) is 2.71. The number of hydrogen-bond acceptors (Lipinski definition) is 5. The maximum atomic E-state index is 5.52. The third kappa shape index (κ3) is 2.93. The highest BCUT2D eigenvalue weighted by molar-refractivity contribution is 5.70. The first-order valence-corrected chi connectivity index (χ1v) is 6.94. The number of hydrogen-bond donors (Lipinski definition) is 1. The van der Waals surface area contributed by atoms with E-state index in [9.17, 15) is 0 Å². The number of nitrogens with zero attached hydrogens (tertiary/aromatic N) is 1. The van der Waals surface area contributed by atoms with Crippen LogP contribution in [0.2, 0.25) is 0 Å². The van der Waals surface area contributed by atoms with Crippen molar-refractivity contribution in [3.05, 3.63) is 12.1 Å². The van der Waals surface area contributed by atoms with E-state index in [2.05, 4.69) is 17.3 Å². The third-order valence-corrected chi connectivity index (χ3v) is 3.90. The first-order valence-electron chi connectivity index (χ1n) is 6.94. The van der Waals surface area contributed by atoms with Crippen LogP contribution in [0, 0.1) is 0 Å². The molecule has 1 aliphatic rings. The number of piperidine rings is 1. The molecule has 0 amide bonds. The summed E-state index contributed by atoms with van der Waals surface area (Å²) in [6.45, 7) is 2.10. The summed E-state index contributed by atoms with van der Waals surface area (Å²) >= 11 is 0. The van der Waals surface area contributed by atoms with Crippen LogP contribution >= 0.6 is 0 Å². The predicted molar refractivity (Wildman–Crippen MR) is 80.4 cm³/mol. The van der Waals surface area contributed by atoms with Gasteiger partial charge in [-0.15, -0.1) is 0 Å². The number of nitrogens with one attached hydrogen (secondary N) is 1. The molecule has 0 radical (unpaired) electrons. The summed E-state index contributed by atoms with van der Waals surface area (Å²) in [6.07, 6.45) is 2.24. The van der Waals surface area contributed by atoms with Crippen molar-refractivity contribution in [1.82, 2.24) is 5.32 Å². The van der Waals surface area contributed by atoms with Gasteiger partial charge in [0.25, 0.3) is 0 Å². The molecule has 0 saturated carbocycles. The molecule has 5 nitrogen and oxygen atoms in total.